The summed E-state index contributed by atoms with van der Waals surface area (Å²) in [6, 6.07) is 3.34. The van der Waals surface area contributed by atoms with E-state index in [9.17, 15) is 4.79 Å². The Balaban J connectivity index is 2.68. The molecule has 1 aliphatic carbocycles. The summed E-state index contributed by atoms with van der Waals surface area (Å²) in [4.78, 5) is 12.0. The lowest BCUT2D eigenvalue weighted by atomic mass is 9.84. The van der Waals surface area contributed by atoms with Gasteiger partial charge >= 0.3 is 0 Å². The van der Waals surface area contributed by atoms with E-state index in [1.54, 1.807) is 12.1 Å². The number of nitriles is 2. The third-order valence-electron chi connectivity index (χ3n) is 3.35. The van der Waals surface area contributed by atoms with Gasteiger partial charge in [-0.15, -0.1) is 0 Å². The van der Waals surface area contributed by atoms with Crippen LogP contribution in [0.15, 0.2) is 23.4 Å². The van der Waals surface area contributed by atoms with Crippen LogP contribution in [0.4, 0.5) is 0 Å². The first-order valence-electron chi connectivity index (χ1n) is 6.12. The van der Waals surface area contributed by atoms with Gasteiger partial charge in [0.15, 0.2) is 11.4 Å². The smallest absolute Gasteiger partial charge is 0.164 e. The molecule has 94 valence electrons. The van der Waals surface area contributed by atoms with E-state index in [0.717, 1.165) is 25.7 Å². The minimum atomic E-state index is -0.239. The average molecular weight is 243 g/mol. The van der Waals surface area contributed by atoms with Crippen LogP contribution in [0.2, 0.25) is 0 Å². The lowest BCUT2D eigenvalue weighted by Gasteiger charge is -2.21. The zero-order valence-corrected chi connectivity index (χ0v) is 10.4. The molecule has 4 heteroatoms. The number of carbonyl (C=O) groups excluding carboxylic acids is 1. The van der Waals surface area contributed by atoms with Crippen molar-refractivity contribution in [3.05, 3.63) is 23.4 Å². The molecule has 0 amide bonds. The molecule has 4 nitrogen and oxygen atoms in total. The van der Waals surface area contributed by atoms with Crippen LogP contribution in [0.3, 0.4) is 0 Å². The normalized spacial score (nSPS) is 15.2. The monoisotopic (exact) mass is 243 g/mol. The van der Waals surface area contributed by atoms with E-state index in [1.165, 1.54) is 6.42 Å². The molecule has 0 spiro atoms. The standard InChI is InChI=1S/C14H17N3O/c1-10(14(17)12(8-15)9-16)13(18)7-11-5-3-2-4-6-11/h11H,1-7,17H2. The topological polar surface area (TPSA) is 90.7 Å². The van der Waals surface area contributed by atoms with Crippen LogP contribution in [0.25, 0.3) is 0 Å². The Morgan fingerprint density at radius 2 is 1.78 bits per heavy atom. The van der Waals surface area contributed by atoms with Gasteiger partial charge in [-0.2, -0.15) is 10.5 Å². The molecule has 1 aliphatic rings. The molecule has 0 heterocycles. The van der Waals surface area contributed by atoms with Gasteiger partial charge in [0.1, 0.15) is 12.1 Å². The number of Topliss-reactive ketones (excluding diaryl/α,β-unsaturated/α-hetero) is 1. The van der Waals surface area contributed by atoms with Crippen molar-refractivity contribution in [2.45, 2.75) is 38.5 Å². The van der Waals surface area contributed by atoms with Crippen molar-refractivity contribution in [3.8, 4) is 12.1 Å². The van der Waals surface area contributed by atoms with Crippen LogP contribution in [-0.4, -0.2) is 5.78 Å². The van der Waals surface area contributed by atoms with E-state index in [0.29, 0.717) is 12.3 Å². The Kier molecular flexibility index (Phi) is 5.14. The zero-order valence-electron chi connectivity index (χ0n) is 10.4. The molecule has 1 rings (SSSR count). The maximum Gasteiger partial charge on any atom is 0.164 e. The van der Waals surface area contributed by atoms with Crippen molar-refractivity contribution in [1.29, 1.82) is 10.5 Å². The first kappa shape index (κ1) is 14.0. The SMILES string of the molecule is C=C(C(=O)CC1CCCCC1)C(N)=C(C#N)C#N. The van der Waals surface area contributed by atoms with Crippen molar-refractivity contribution in [1.82, 2.24) is 0 Å². The highest BCUT2D eigenvalue weighted by atomic mass is 16.1. The van der Waals surface area contributed by atoms with E-state index < -0.39 is 0 Å². The Morgan fingerprint density at radius 3 is 2.28 bits per heavy atom. The minimum Gasteiger partial charge on any atom is -0.396 e. The Hall–Kier alpha value is -2.07. The van der Waals surface area contributed by atoms with Crippen molar-refractivity contribution in [3.63, 3.8) is 0 Å². The number of hydrogen-bond acceptors (Lipinski definition) is 4. The van der Waals surface area contributed by atoms with Gasteiger partial charge in [-0.05, 0) is 5.92 Å². The van der Waals surface area contributed by atoms with Crippen molar-refractivity contribution in [2.24, 2.45) is 11.7 Å². The van der Waals surface area contributed by atoms with E-state index in [2.05, 4.69) is 6.58 Å². The van der Waals surface area contributed by atoms with Gasteiger partial charge < -0.3 is 5.73 Å². The summed E-state index contributed by atoms with van der Waals surface area (Å²) in [6.45, 7) is 3.60. The lowest BCUT2D eigenvalue weighted by molar-refractivity contribution is -0.116. The fourth-order valence-electron chi connectivity index (χ4n) is 2.22. The maximum absolute atomic E-state index is 12.0. The summed E-state index contributed by atoms with van der Waals surface area (Å²) in [5, 5.41) is 17.4. The molecule has 1 saturated carbocycles. The predicted molar refractivity (Wildman–Crippen MR) is 67.8 cm³/mol. The number of nitrogens with zero attached hydrogens (tertiary/aromatic N) is 2. The number of allylic oxidation sites excluding steroid dienone is 2. The van der Waals surface area contributed by atoms with Gasteiger partial charge in [0.25, 0.3) is 0 Å². The van der Waals surface area contributed by atoms with Crippen LogP contribution in [-0.2, 0) is 4.79 Å². The van der Waals surface area contributed by atoms with Gasteiger partial charge in [0.05, 0.1) is 5.70 Å². The van der Waals surface area contributed by atoms with E-state index in [1.807, 2.05) is 0 Å². The summed E-state index contributed by atoms with van der Waals surface area (Å²) in [7, 11) is 0. The van der Waals surface area contributed by atoms with Crippen LogP contribution in [0.5, 0.6) is 0 Å². The Morgan fingerprint density at radius 1 is 1.22 bits per heavy atom. The highest BCUT2D eigenvalue weighted by Gasteiger charge is 2.20. The van der Waals surface area contributed by atoms with E-state index in [4.69, 9.17) is 16.3 Å². The first-order valence-corrected chi connectivity index (χ1v) is 6.12. The predicted octanol–water partition coefficient (Wildman–Crippen LogP) is 2.34. The molecule has 0 aromatic rings. The summed E-state index contributed by atoms with van der Waals surface area (Å²) < 4.78 is 0. The summed E-state index contributed by atoms with van der Waals surface area (Å²) >= 11 is 0. The molecule has 0 unspecified atom stereocenters. The molecular formula is C14H17N3O. The van der Waals surface area contributed by atoms with Gasteiger partial charge in [0, 0.05) is 12.0 Å². The number of hydrogen-bond donors (Lipinski definition) is 1. The fraction of sp³-hybridized carbons (Fsp3) is 0.500. The van der Waals surface area contributed by atoms with Crippen LogP contribution >= 0.6 is 0 Å². The van der Waals surface area contributed by atoms with Gasteiger partial charge in [0.2, 0.25) is 0 Å². The zero-order chi connectivity index (χ0) is 13.5. The number of rotatable bonds is 4. The third kappa shape index (κ3) is 3.46. The summed E-state index contributed by atoms with van der Waals surface area (Å²) in [5.41, 5.74) is 5.38. The van der Waals surface area contributed by atoms with Crippen LogP contribution in [0.1, 0.15) is 38.5 Å². The molecule has 0 atom stereocenters. The van der Waals surface area contributed by atoms with Crippen LogP contribution < -0.4 is 5.73 Å². The molecule has 18 heavy (non-hydrogen) atoms. The second kappa shape index (κ2) is 6.61. The Bertz CT molecular complexity index is 440. The van der Waals surface area contributed by atoms with E-state index >= 15 is 0 Å². The second-order valence-corrected chi connectivity index (χ2v) is 4.62. The van der Waals surface area contributed by atoms with Crippen molar-refractivity contribution >= 4 is 5.78 Å². The van der Waals surface area contributed by atoms with Gasteiger partial charge in [-0.25, -0.2) is 0 Å². The summed E-state index contributed by atoms with van der Waals surface area (Å²) in [5.74, 6) is 0.242. The van der Waals surface area contributed by atoms with Crippen molar-refractivity contribution in [2.75, 3.05) is 0 Å². The highest BCUT2D eigenvalue weighted by molar-refractivity contribution is 5.99. The number of nitrogens with two attached hydrogens (primary N) is 1. The van der Waals surface area contributed by atoms with E-state index in [-0.39, 0.29) is 22.6 Å². The Labute approximate surface area is 107 Å². The molecule has 2 N–H and O–H groups in total. The van der Waals surface area contributed by atoms with Crippen molar-refractivity contribution < 1.29 is 4.79 Å². The van der Waals surface area contributed by atoms with Gasteiger partial charge in [-0.1, -0.05) is 38.7 Å². The molecule has 0 radical (unpaired) electrons. The molecule has 0 saturated heterocycles. The summed E-state index contributed by atoms with van der Waals surface area (Å²) in [6.07, 6.45) is 6.11. The number of ketones is 1. The molecular weight excluding hydrogens is 226 g/mol. The third-order valence-corrected chi connectivity index (χ3v) is 3.35. The second-order valence-electron chi connectivity index (χ2n) is 4.62. The maximum atomic E-state index is 12.0. The molecule has 0 bridgehead atoms. The van der Waals surface area contributed by atoms with Gasteiger partial charge in [-0.3, -0.25) is 4.79 Å². The average Bonchev–Trinajstić information content (AvgIpc) is 2.40. The number of carbonyl (C=O) groups is 1. The largest absolute Gasteiger partial charge is 0.396 e. The minimum absolute atomic E-state index is 0.0826. The highest BCUT2D eigenvalue weighted by Crippen LogP contribution is 2.27. The van der Waals surface area contributed by atoms with Crippen LogP contribution in [0, 0.1) is 28.6 Å². The first-order chi connectivity index (χ1) is 8.60. The lowest BCUT2D eigenvalue weighted by Crippen LogP contribution is -2.17. The quantitative estimate of drug-likeness (QED) is 0.466. The molecule has 0 aromatic heterocycles. The molecule has 0 aliphatic heterocycles. The molecule has 1 fully saturated rings. The fourth-order valence-corrected chi connectivity index (χ4v) is 2.22. The molecule has 0 aromatic carbocycles.